The van der Waals surface area contributed by atoms with Crippen molar-refractivity contribution in [3.05, 3.63) is 22.1 Å². The molecule has 0 aliphatic heterocycles. The average molecular weight is 266 g/mol. The normalized spacial score (nSPS) is 20.1. The van der Waals surface area contributed by atoms with E-state index in [0.29, 0.717) is 11.6 Å². The van der Waals surface area contributed by atoms with E-state index in [0.717, 1.165) is 37.8 Å². The fourth-order valence-corrected chi connectivity index (χ4v) is 3.27. The average Bonchev–Trinajstić information content (AvgIpc) is 2.32. The maximum Gasteiger partial charge on any atom is 0.251 e. The van der Waals surface area contributed by atoms with Gasteiger partial charge in [0.15, 0.2) is 5.16 Å². The van der Waals surface area contributed by atoms with Crippen LogP contribution in [0.5, 0.6) is 0 Å². The number of nitrogens with zero attached hydrogens (tertiary/aromatic N) is 1. The van der Waals surface area contributed by atoms with Crippen molar-refractivity contribution >= 4 is 17.5 Å². The first-order chi connectivity index (χ1) is 8.69. The number of aryl methyl sites for hydroxylation is 1. The van der Waals surface area contributed by atoms with Crippen molar-refractivity contribution in [2.75, 3.05) is 0 Å². The van der Waals surface area contributed by atoms with Crippen LogP contribution in [0.1, 0.15) is 44.7 Å². The van der Waals surface area contributed by atoms with Crippen LogP contribution in [-0.4, -0.2) is 21.0 Å². The summed E-state index contributed by atoms with van der Waals surface area (Å²) in [4.78, 5) is 30.4. The van der Waals surface area contributed by atoms with Crippen molar-refractivity contribution in [2.45, 2.75) is 55.9 Å². The number of aromatic nitrogens is 2. The van der Waals surface area contributed by atoms with Crippen molar-refractivity contribution in [3.8, 4) is 0 Å². The number of thioether (sulfide) groups is 1. The number of aromatic amines is 1. The van der Waals surface area contributed by atoms with Gasteiger partial charge in [0.25, 0.3) is 5.56 Å². The van der Waals surface area contributed by atoms with E-state index < -0.39 is 0 Å². The number of nitrogens with one attached hydrogen (secondary N) is 1. The highest BCUT2D eigenvalue weighted by molar-refractivity contribution is 8.00. The van der Waals surface area contributed by atoms with Crippen LogP contribution in [0.4, 0.5) is 0 Å². The van der Waals surface area contributed by atoms with Crippen LogP contribution in [0.2, 0.25) is 0 Å². The maximum absolute atomic E-state index is 11.8. The molecule has 0 spiro atoms. The molecule has 0 radical (unpaired) electrons. The van der Waals surface area contributed by atoms with Crippen LogP contribution in [0.3, 0.4) is 0 Å². The van der Waals surface area contributed by atoms with Crippen LogP contribution in [-0.2, 0) is 11.2 Å². The fourth-order valence-electron chi connectivity index (χ4n) is 2.13. The number of rotatable bonds is 4. The summed E-state index contributed by atoms with van der Waals surface area (Å²) in [7, 11) is 0. The van der Waals surface area contributed by atoms with Crippen LogP contribution in [0, 0.1) is 0 Å². The molecule has 1 aromatic rings. The van der Waals surface area contributed by atoms with Gasteiger partial charge >= 0.3 is 0 Å². The monoisotopic (exact) mass is 266 g/mol. The highest BCUT2D eigenvalue weighted by atomic mass is 32.2. The summed E-state index contributed by atoms with van der Waals surface area (Å²) in [5.74, 6) is 0.287. The summed E-state index contributed by atoms with van der Waals surface area (Å²) >= 11 is 1.41. The van der Waals surface area contributed by atoms with Gasteiger partial charge in [-0.3, -0.25) is 9.59 Å². The Balaban J connectivity index is 2.12. The van der Waals surface area contributed by atoms with Gasteiger partial charge < -0.3 is 4.98 Å². The largest absolute Gasteiger partial charge is 0.301 e. The lowest BCUT2D eigenvalue weighted by Crippen LogP contribution is -2.22. The zero-order valence-electron chi connectivity index (χ0n) is 10.6. The Morgan fingerprint density at radius 3 is 3.00 bits per heavy atom. The highest BCUT2D eigenvalue weighted by Crippen LogP contribution is 2.29. The molecule has 1 aliphatic rings. The molecule has 5 heteroatoms. The van der Waals surface area contributed by atoms with Gasteiger partial charge in [-0.05, 0) is 19.3 Å². The maximum atomic E-state index is 11.8. The molecule has 0 bridgehead atoms. The number of hydrogen-bond acceptors (Lipinski definition) is 4. The summed E-state index contributed by atoms with van der Waals surface area (Å²) in [6, 6.07) is 1.54. The van der Waals surface area contributed by atoms with Crippen LogP contribution >= 0.6 is 11.8 Å². The molecule has 1 aliphatic carbocycles. The first-order valence-corrected chi connectivity index (χ1v) is 7.36. The summed E-state index contributed by atoms with van der Waals surface area (Å²) in [6.45, 7) is 2.06. The lowest BCUT2D eigenvalue weighted by Gasteiger charge is -2.19. The summed E-state index contributed by atoms with van der Waals surface area (Å²) in [5.41, 5.74) is 0.686. The second kappa shape index (κ2) is 6.18. The number of ketones is 1. The molecule has 0 unspecified atom stereocenters. The van der Waals surface area contributed by atoms with Crippen molar-refractivity contribution in [1.82, 2.24) is 9.97 Å². The first-order valence-electron chi connectivity index (χ1n) is 6.48. The zero-order chi connectivity index (χ0) is 13.0. The Morgan fingerprint density at radius 1 is 1.44 bits per heavy atom. The van der Waals surface area contributed by atoms with Crippen LogP contribution in [0.15, 0.2) is 16.0 Å². The van der Waals surface area contributed by atoms with Crippen molar-refractivity contribution in [3.63, 3.8) is 0 Å². The SMILES string of the molecule is CCCc1cc(=O)[nH]c(S[C@@H]2CCCCC2=O)n1. The van der Waals surface area contributed by atoms with Gasteiger partial charge in [-0.1, -0.05) is 31.5 Å². The minimum absolute atomic E-state index is 0.0289. The molecule has 1 saturated carbocycles. The Labute approximate surface area is 111 Å². The van der Waals surface area contributed by atoms with Gasteiger partial charge in [0.2, 0.25) is 0 Å². The molecule has 4 nitrogen and oxygen atoms in total. The molecule has 1 fully saturated rings. The van der Waals surface area contributed by atoms with Gasteiger partial charge in [-0.25, -0.2) is 4.98 Å². The Hall–Kier alpha value is -1.10. The third kappa shape index (κ3) is 3.45. The standard InChI is InChI=1S/C13H18N2O2S/c1-2-5-9-8-12(17)15-13(14-9)18-11-7-4-3-6-10(11)16/h8,11H,2-7H2,1H3,(H,14,15,17)/t11-/m1/s1. The number of carbonyl (C=O) groups is 1. The Bertz CT molecular complexity index is 484. The van der Waals surface area contributed by atoms with E-state index in [1.54, 1.807) is 0 Å². The molecule has 2 rings (SSSR count). The third-order valence-corrected chi connectivity index (χ3v) is 4.23. The van der Waals surface area contributed by atoms with Gasteiger partial charge in [0, 0.05) is 18.2 Å². The number of hydrogen-bond donors (Lipinski definition) is 1. The van der Waals surface area contributed by atoms with Crippen LogP contribution < -0.4 is 5.56 Å². The summed E-state index contributed by atoms with van der Waals surface area (Å²) in [6.07, 6.45) is 5.40. The predicted octanol–water partition coefficient (Wildman–Crippen LogP) is 2.33. The quantitative estimate of drug-likeness (QED) is 0.850. The molecule has 1 heterocycles. The van der Waals surface area contributed by atoms with Crippen molar-refractivity contribution in [2.24, 2.45) is 0 Å². The number of H-pyrrole nitrogens is 1. The molecule has 1 aromatic heterocycles. The van der Waals surface area contributed by atoms with E-state index >= 15 is 0 Å². The summed E-state index contributed by atoms with van der Waals surface area (Å²) < 4.78 is 0. The zero-order valence-corrected chi connectivity index (χ0v) is 11.4. The third-order valence-electron chi connectivity index (χ3n) is 3.03. The van der Waals surface area contributed by atoms with E-state index in [4.69, 9.17) is 0 Å². The molecule has 1 atom stereocenters. The van der Waals surface area contributed by atoms with Gasteiger partial charge in [0.05, 0.1) is 5.25 Å². The summed E-state index contributed by atoms with van der Waals surface area (Å²) in [5, 5.41) is 0.560. The molecule has 0 aromatic carbocycles. The van der Waals surface area contributed by atoms with E-state index in [2.05, 4.69) is 16.9 Å². The molecule has 18 heavy (non-hydrogen) atoms. The predicted molar refractivity (Wildman–Crippen MR) is 72.0 cm³/mol. The second-order valence-corrected chi connectivity index (χ2v) is 5.80. The van der Waals surface area contributed by atoms with E-state index in [1.807, 2.05) is 0 Å². The van der Waals surface area contributed by atoms with Gasteiger partial charge in [-0.15, -0.1) is 0 Å². The Kier molecular flexibility index (Phi) is 4.58. The number of carbonyl (C=O) groups excluding carboxylic acids is 1. The molecular formula is C13H18N2O2S. The molecule has 1 N–H and O–H groups in total. The first kappa shape index (κ1) is 13.3. The number of Topliss-reactive ketones (excluding diaryl/α,β-unsaturated/α-hetero) is 1. The molecular weight excluding hydrogens is 248 g/mol. The minimum Gasteiger partial charge on any atom is -0.301 e. The van der Waals surface area contributed by atoms with E-state index in [1.165, 1.54) is 17.8 Å². The van der Waals surface area contributed by atoms with Crippen LogP contribution in [0.25, 0.3) is 0 Å². The smallest absolute Gasteiger partial charge is 0.251 e. The molecule has 0 amide bonds. The van der Waals surface area contributed by atoms with E-state index in [-0.39, 0.29) is 16.6 Å². The lowest BCUT2D eigenvalue weighted by molar-refractivity contribution is -0.119. The Morgan fingerprint density at radius 2 is 2.28 bits per heavy atom. The van der Waals surface area contributed by atoms with Gasteiger partial charge in [-0.2, -0.15) is 0 Å². The molecule has 98 valence electrons. The minimum atomic E-state index is -0.126. The highest BCUT2D eigenvalue weighted by Gasteiger charge is 2.24. The van der Waals surface area contributed by atoms with E-state index in [9.17, 15) is 9.59 Å². The van der Waals surface area contributed by atoms with Crippen molar-refractivity contribution < 1.29 is 4.79 Å². The van der Waals surface area contributed by atoms with Crippen molar-refractivity contribution in [1.29, 1.82) is 0 Å². The lowest BCUT2D eigenvalue weighted by atomic mass is 9.99. The van der Waals surface area contributed by atoms with Gasteiger partial charge in [0.1, 0.15) is 5.78 Å². The molecule has 0 saturated heterocycles. The fraction of sp³-hybridized carbons (Fsp3) is 0.615. The topological polar surface area (TPSA) is 62.8 Å². The second-order valence-electron chi connectivity index (χ2n) is 4.61.